The van der Waals surface area contributed by atoms with Crippen molar-refractivity contribution in [2.45, 2.75) is 103 Å². The zero-order valence-electron chi connectivity index (χ0n) is 22.7. The molecule has 1 fully saturated rings. The third kappa shape index (κ3) is 10.3. The highest BCUT2D eigenvalue weighted by molar-refractivity contribution is 5.72. The molecule has 0 unspecified atom stereocenters. The Morgan fingerprint density at radius 3 is 2.11 bits per heavy atom. The molecule has 0 amide bonds. The number of hydrogen-bond donors (Lipinski definition) is 2. The number of aromatic hydroxyl groups is 1. The standard InChI is InChI=1S/C29H42O.C4H6O2/c1-3-5-6-7-8-9-10-11-23-12-14-25(15-13-23)26-16-18-27(19-17-26)29-21-20-28(30)22-24(29)4-2;1-4(2-5)3-6/h16-23,25,30H,3-15H2,1-2H3;2,6H,1,3H2. The quantitative estimate of drug-likeness (QED) is 0.167. The van der Waals surface area contributed by atoms with E-state index in [9.17, 15) is 9.90 Å². The van der Waals surface area contributed by atoms with Gasteiger partial charge in [-0.05, 0) is 78.3 Å². The molecule has 198 valence electrons. The lowest BCUT2D eigenvalue weighted by atomic mass is 9.77. The van der Waals surface area contributed by atoms with Crippen molar-refractivity contribution in [3.8, 4) is 16.9 Å². The third-order valence-corrected chi connectivity index (χ3v) is 7.60. The number of benzene rings is 2. The van der Waals surface area contributed by atoms with E-state index >= 15 is 0 Å². The molecule has 0 radical (unpaired) electrons. The minimum Gasteiger partial charge on any atom is -0.508 e. The minimum absolute atomic E-state index is 0.218. The van der Waals surface area contributed by atoms with E-state index in [-0.39, 0.29) is 12.2 Å². The summed E-state index contributed by atoms with van der Waals surface area (Å²) in [5, 5.41) is 17.8. The summed E-state index contributed by atoms with van der Waals surface area (Å²) in [4.78, 5) is 9.48. The van der Waals surface area contributed by atoms with Crippen LogP contribution in [-0.2, 0) is 11.2 Å². The molecular formula is C33H48O3. The van der Waals surface area contributed by atoms with Gasteiger partial charge in [0.1, 0.15) is 12.0 Å². The lowest BCUT2D eigenvalue weighted by Gasteiger charge is -2.29. The van der Waals surface area contributed by atoms with Crippen LogP contribution in [0.4, 0.5) is 0 Å². The van der Waals surface area contributed by atoms with Crippen LogP contribution in [0.2, 0.25) is 0 Å². The predicted molar refractivity (Wildman–Crippen MR) is 153 cm³/mol. The van der Waals surface area contributed by atoms with Crippen molar-refractivity contribution in [2.24, 2.45) is 5.92 Å². The summed E-state index contributed by atoms with van der Waals surface area (Å²) in [7, 11) is 0. The van der Waals surface area contributed by atoms with Gasteiger partial charge in [-0.3, -0.25) is 4.79 Å². The maximum absolute atomic E-state index is 9.76. The molecule has 36 heavy (non-hydrogen) atoms. The molecule has 1 aliphatic carbocycles. The third-order valence-electron chi connectivity index (χ3n) is 7.60. The van der Waals surface area contributed by atoms with Gasteiger partial charge in [0.2, 0.25) is 0 Å². The fourth-order valence-corrected chi connectivity index (χ4v) is 5.30. The Kier molecular flexibility index (Phi) is 14.2. The monoisotopic (exact) mass is 492 g/mol. The highest BCUT2D eigenvalue weighted by atomic mass is 16.3. The number of carbonyl (C=O) groups excluding carboxylic acids is 1. The number of phenolic OH excluding ortho intramolecular Hbond substituents is 1. The zero-order valence-corrected chi connectivity index (χ0v) is 22.7. The van der Waals surface area contributed by atoms with Crippen molar-refractivity contribution in [1.29, 1.82) is 0 Å². The van der Waals surface area contributed by atoms with Crippen molar-refractivity contribution in [1.82, 2.24) is 0 Å². The van der Waals surface area contributed by atoms with Crippen LogP contribution in [0.3, 0.4) is 0 Å². The van der Waals surface area contributed by atoms with E-state index in [1.807, 2.05) is 6.07 Å². The van der Waals surface area contributed by atoms with Crippen molar-refractivity contribution < 1.29 is 15.0 Å². The molecule has 2 aromatic carbocycles. The molecule has 1 aliphatic rings. The number of aldehydes is 1. The van der Waals surface area contributed by atoms with Gasteiger partial charge in [0.15, 0.2) is 0 Å². The number of hydrogen-bond acceptors (Lipinski definition) is 3. The van der Waals surface area contributed by atoms with Gasteiger partial charge in [0.05, 0.1) is 6.61 Å². The molecule has 0 heterocycles. The van der Waals surface area contributed by atoms with Crippen molar-refractivity contribution in [3.63, 3.8) is 0 Å². The largest absolute Gasteiger partial charge is 0.508 e. The predicted octanol–water partition coefficient (Wildman–Crippen LogP) is 8.77. The normalized spacial score (nSPS) is 17.2. The molecule has 0 saturated heterocycles. The Balaban J connectivity index is 0.000000678. The second-order valence-electron chi connectivity index (χ2n) is 10.4. The number of carbonyl (C=O) groups is 1. The summed E-state index contributed by atoms with van der Waals surface area (Å²) in [6.45, 7) is 7.39. The fourth-order valence-electron chi connectivity index (χ4n) is 5.30. The van der Waals surface area contributed by atoms with Gasteiger partial charge in [0, 0.05) is 5.57 Å². The molecule has 2 aromatic rings. The van der Waals surface area contributed by atoms with Crippen LogP contribution in [0.25, 0.3) is 11.1 Å². The molecular weight excluding hydrogens is 444 g/mol. The number of unbranched alkanes of at least 4 members (excludes halogenated alkanes) is 6. The SMILES string of the molecule is C=C(C=O)CO.CCCCCCCCCC1CCC(c2ccc(-c3ccc(O)cc3CC)cc2)CC1. The maximum Gasteiger partial charge on any atom is 0.147 e. The first-order valence-corrected chi connectivity index (χ1v) is 14.2. The van der Waals surface area contributed by atoms with E-state index < -0.39 is 0 Å². The second kappa shape index (κ2) is 17.1. The van der Waals surface area contributed by atoms with Crippen LogP contribution in [-0.4, -0.2) is 23.1 Å². The minimum atomic E-state index is -0.233. The maximum atomic E-state index is 9.76. The van der Waals surface area contributed by atoms with E-state index in [1.165, 1.54) is 99.3 Å². The summed E-state index contributed by atoms with van der Waals surface area (Å²) in [6.07, 6.45) is 18.5. The Morgan fingerprint density at radius 2 is 1.56 bits per heavy atom. The molecule has 0 aromatic heterocycles. The lowest BCUT2D eigenvalue weighted by Crippen LogP contribution is -2.13. The Bertz CT molecular complexity index is 892. The summed E-state index contributed by atoms with van der Waals surface area (Å²) in [5.74, 6) is 2.08. The van der Waals surface area contributed by atoms with E-state index in [0.717, 1.165) is 18.3 Å². The summed E-state index contributed by atoms with van der Waals surface area (Å²) >= 11 is 0. The van der Waals surface area contributed by atoms with Crippen molar-refractivity contribution in [2.75, 3.05) is 6.61 Å². The van der Waals surface area contributed by atoms with Crippen molar-refractivity contribution in [3.05, 3.63) is 65.7 Å². The Labute approximate surface area is 219 Å². The molecule has 0 spiro atoms. The average molecular weight is 493 g/mol. The number of aryl methyl sites for hydroxylation is 1. The summed E-state index contributed by atoms with van der Waals surface area (Å²) in [6, 6.07) is 15.0. The average Bonchev–Trinajstić information content (AvgIpc) is 2.93. The van der Waals surface area contributed by atoms with Gasteiger partial charge in [0.25, 0.3) is 0 Å². The van der Waals surface area contributed by atoms with Crippen LogP contribution >= 0.6 is 0 Å². The Morgan fingerprint density at radius 1 is 0.917 bits per heavy atom. The molecule has 1 saturated carbocycles. The zero-order chi connectivity index (χ0) is 26.2. The molecule has 3 heteroatoms. The highest BCUT2D eigenvalue weighted by Gasteiger charge is 2.22. The van der Waals surface area contributed by atoms with E-state index in [2.05, 4.69) is 50.8 Å². The molecule has 0 bridgehead atoms. The molecule has 0 atom stereocenters. The van der Waals surface area contributed by atoms with E-state index in [4.69, 9.17) is 5.11 Å². The molecule has 0 aliphatic heterocycles. The number of rotatable bonds is 13. The van der Waals surface area contributed by atoms with Gasteiger partial charge in [-0.25, -0.2) is 0 Å². The van der Waals surface area contributed by atoms with Gasteiger partial charge in [-0.2, -0.15) is 0 Å². The van der Waals surface area contributed by atoms with Crippen LogP contribution in [0, 0.1) is 5.92 Å². The van der Waals surface area contributed by atoms with Gasteiger partial charge >= 0.3 is 0 Å². The van der Waals surface area contributed by atoms with Gasteiger partial charge in [-0.15, -0.1) is 0 Å². The first kappa shape index (κ1) is 29.8. The summed E-state index contributed by atoms with van der Waals surface area (Å²) in [5.41, 5.74) is 5.47. The van der Waals surface area contributed by atoms with Crippen LogP contribution in [0.15, 0.2) is 54.6 Å². The smallest absolute Gasteiger partial charge is 0.147 e. The lowest BCUT2D eigenvalue weighted by molar-refractivity contribution is -0.105. The molecule has 3 rings (SSSR count). The van der Waals surface area contributed by atoms with Gasteiger partial charge < -0.3 is 10.2 Å². The first-order valence-electron chi connectivity index (χ1n) is 14.2. The van der Waals surface area contributed by atoms with Crippen LogP contribution < -0.4 is 0 Å². The van der Waals surface area contributed by atoms with Gasteiger partial charge in [-0.1, -0.05) is 102 Å². The Hall–Kier alpha value is -2.39. The van der Waals surface area contributed by atoms with E-state index in [0.29, 0.717) is 12.0 Å². The number of aliphatic hydroxyl groups is 1. The van der Waals surface area contributed by atoms with Crippen molar-refractivity contribution >= 4 is 6.29 Å². The molecule has 3 nitrogen and oxygen atoms in total. The topological polar surface area (TPSA) is 57.5 Å². The number of aliphatic hydroxyl groups excluding tert-OH is 1. The highest BCUT2D eigenvalue weighted by Crippen LogP contribution is 2.38. The molecule has 2 N–H and O–H groups in total. The number of phenols is 1. The second-order valence-corrected chi connectivity index (χ2v) is 10.4. The van der Waals surface area contributed by atoms with Crippen LogP contribution in [0.1, 0.15) is 108 Å². The van der Waals surface area contributed by atoms with E-state index in [1.54, 1.807) is 6.07 Å². The van der Waals surface area contributed by atoms with Crippen LogP contribution in [0.5, 0.6) is 5.75 Å². The fraction of sp³-hybridized carbons (Fsp3) is 0.545. The first-order chi connectivity index (χ1) is 17.5. The summed E-state index contributed by atoms with van der Waals surface area (Å²) < 4.78 is 0.